The number of hydrogen-bond acceptors (Lipinski definition) is 7. The highest BCUT2D eigenvalue weighted by Crippen LogP contribution is 2.20. The molecule has 0 bridgehead atoms. The maximum Gasteiger partial charge on any atom is 0.274 e. The minimum absolute atomic E-state index is 0.00521. The molecule has 3 rings (SSSR count). The first-order chi connectivity index (χ1) is 12.7. The molecule has 8 nitrogen and oxygen atoms in total. The summed E-state index contributed by atoms with van der Waals surface area (Å²) >= 11 is 0. The van der Waals surface area contributed by atoms with Crippen molar-refractivity contribution < 1.29 is 13.2 Å². The Morgan fingerprint density at radius 1 is 1.11 bits per heavy atom. The molecule has 27 heavy (non-hydrogen) atoms. The molecule has 9 heteroatoms. The number of rotatable bonds is 5. The van der Waals surface area contributed by atoms with Gasteiger partial charge in [-0.1, -0.05) is 0 Å². The van der Waals surface area contributed by atoms with Crippen LogP contribution in [0.4, 0.5) is 17.2 Å². The Bertz CT molecular complexity index is 911. The molecule has 1 aromatic heterocycles. The van der Waals surface area contributed by atoms with E-state index in [-0.39, 0.29) is 29.1 Å². The molecule has 2 aromatic rings. The van der Waals surface area contributed by atoms with Crippen molar-refractivity contribution >= 4 is 32.9 Å². The Hall–Kier alpha value is -2.68. The summed E-state index contributed by atoms with van der Waals surface area (Å²) in [6.07, 6.45) is 3.35. The fraction of sp³-hybridized carbons (Fsp3) is 0.389. The molecule has 1 aliphatic heterocycles. The van der Waals surface area contributed by atoms with Crippen molar-refractivity contribution in [2.24, 2.45) is 0 Å². The van der Waals surface area contributed by atoms with Gasteiger partial charge in [-0.3, -0.25) is 4.79 Å². The summed E-state index contributed by atoms with van der Waals surface area (Å²) in [4.78, 5) is 24.4. The highest BCUT2D eigenvalue weighted by atomic mass is 32.2. The van der Waals surface area contributed by atoms with Crippen LogP contribution in [-0.4, -0.2) is 67.9 Å². The van der Waals surface area contributed by atoms with Gasteiger partial charge >= 0.3 is 0 Å². The maximum atomic E-state index is 12.5. The molecule has 0 aliphatic carbocycles. The van der Waals surface area contributed by atoms with E-state index in [0.717, 1.165) is 11.4 Å². The summed E-state index contributed by atoms with van der Waals surface area (Å²) in [5, 5.41) is 3.13. The molecule has 1 atom stereocenters. The van der Waals surface area contributed by atoms with Gasteiger partial charge in [0.25, 0.3) is 5.91 Å². The number of nitrogens with one attached hydrogen (secondary N) is 1. The number of anilines is 3. The Morgan fingerprint density at radius 3 is 2.33 bits per heavy atom. The Morgan fingerprint density at radius 2 is 1.81 bits per heavy atom. The van der Waals surface area contributed by atoms with Crippen molar-refractivity contribution in [1.82, 2.24) is 14.9 Å². The Balaban J connectivity index is 1.65. The van der Waals surface area contributed by atoms with Gasteiger partial charge in [0.05, 0.1) is 23.9 Å². The average molecular weight is 389 g/mol. The molecule has 1 aliphatic rings. The van der Waals surface area contributed by atoms with E-state index in [4.69, 9.17) is 0 Å². The summed E-state index contributed by atoms with van der Waals surface area (Å²) in [5.41, 5.74) is 2.14. The summed E-state index contributed by atoms with van der Waals surface area (Å²) in [6, 6.07) is 7.53. The van der Waals surface area contributed by atoms with Gasteiger partial charge in [0.15, 0.2) is 9.84 Å². The molecule has 1 aromatic carbocycles. The summed E-state index contributed by atoms with van der Waals surface area (Å²) in [7, 11) is 2.50. The number of sulfone groups is 1. The minimum atomic E-state index is -3.05. The number of benzene rings is 1. The van der Waals surface area contributed by atoms with Crippen LogP contribution in [-0.2, 0) is 9.84 Å². The third-order valence-corrected chi connectivity index (χ3v) is 6.35. The van der Waals surface area contributed by atoms with Crippen LogP contribution in [0.2, 0.25) is 0 Å². The molecule has 1 fully saturated rings. The van der Waals surface area contributed by atoms with Crippen LogP contribution in [0, 0.1) is 0 Å². The number of nitrogens with zero attached hydrogens (tertiary/aromatic N) is 4. The molecule has 2 heterocycles. The second-order valence-electron chi connectivity index (χ2n) is 6.83. The second-order valence-corrected chi connectivity index (χ2v) is 9.05. The highest BCUT2D eigenvalue weighted by molar-refractivity contribution is 7.91. The minimum Gasteiger partial charge on any atom is -0.378 e. The van der Waals surface area contributed by atoms with Crippen LogP contribution in [0.15, 0.2) is 36.7 Å². The lowest BCUT2D eigenvalue weighted by atomic mass is 10.2. The zero-order valence-corrected chi connectivity index (χ0v) is 16.4. The molecule has 1 saturated heterocycles. The first-order valence-corrected chi connectivity index (χ1v) is 10.4. The van der Waals surface area contributed by atoms with Crippen LogP contribution in [0.5, 0.6) is 0 Å². The van der Waals surface area contributed by atoms with E-state index < -0.39 is 9.84 Å². The Labute approximate surface area is 159 Å². The monoisotopic (exact) mass is 389 g/mol. The number of carbonyl (C=O) groups is 1. The molecule has 0 radical (unpaired) electrons. The zero-order valence-electron chi connectivity index (χ0n) is 15.6. The quantitative estimate of drug-likeness (QED) is 0.829. The van der Waals surface area contributed by atoms with Gasteiger partial charge in [-0.25, -0.2) is 18.4 Å². The number of amides is 1. The highest BCUT2D eigenvalue weighted by Gasteiger charge is 2.33. The third-order valence-electron chi connectivity index (χ3n) is 4.60. The molecule has 1 unspecified atom stereocenters. The van der Waals surface area contributed by atoms with Gasteiger partial charge < -0.3 is 15.1 Å². The topological polar surface area (TPSA) is 95.5 Å². The molecule has 0 saturated carbocycles. The van der Waals surface area contributed by atoms with E-state index >= 15 is 0 Å². The van der Waals surface area contributed by atoms with Crippen molar-refractivity contribution in [2.75, 3.05) is 42.9 Å². The average Bonchev–Trinajstić information content (AvgIpc) is 3.01. The number of hydrogen-bond donors (Lipinski definition) is 1. The predicted octanol–water partition coefficient (Wildman–Crippen LogP) is 1.55. The summed E-state index contributed by atoms with van der Waals surface area (Å²) in [5.74, 6) is 0.323. The van der Waals surface area contributed by atoms with Gasteiger partial charge in [-0.15, -0.1) is 0 Å². The lowest BCUT2D eigenvalue weighted by Crippen LogP contribution is -2.38. The van der Waals surface area contributed by atoms with E-state index in [1.807, 2.05) is 43.3 Å². The smallest absolute Gasteiger partial charge is 0.274 e. The van der Waals surface area contributed by atoms with Crippen molar-refractivity contribution in [3.63, 3.8) is 0 Å². The maximum absolute atomic E-state index is 12.5. The molecule has 144 valence electrons. The lowest BCUT2D eigenvalue weighted by Gasteiger charge is -2.22. The lowest BCUT2D eigenvalue weighted by molar-refractivity contribution is 0.0741. The standard InChI is InChI=1S/C18H23N5O3S/c1-22(2)14-6-4-13(5-7-14)21-17-11-19-16(10-20-17)18(24)23(3)15-8-9-27(25,26)12-15/h4-7,10-11,15H,8-9,12H2,1-3H3,(H,20,21). The normalized spacial score (nSPS) is 18.1. The number of carbonyl (C=O) groups excluding carboxylic acids is 1. The molecular weight excluding hydrogens is 366 g/mol. The molecular formula is C18H23N5O3S. The second kappa shape index (κ2) is 7.51. The molecule has 0 spiro atoms. The number of aromatic nitrogens is 2. The van der Waals surface area contributed by atoms with Crippen LogP contribution < -0.4 is 10.2 Å². The van der Waals surface area contributed by atoms with Gasteiger partial charge in [0, 0.05) is 38.6 Å². The van der Waals surface area contributed by atoms with E-state index in [1.54, 1.807) is 7.05 Å². The Kier molecular flexibility index (Phi) is 5.31. The fourth-order valence-electron chi connectivity index (χ4n) is 2.92. The molecule has 1 amide bonds. The van der Waals surface area contributed by atoms with Crippen LogP contribution in [0.3, 0.4) is 0 Å². The van der Waals surface area contributed by atoms with Gasteiger partial charge in [0.2, 0.25) is 0 Å². The van der Waals surface area contributed by atoms with Crippen molar-refractivity contribution in [1.29, 1.82) is 0 Å². The predicted molar refractivity (Wildman–Crippen MR) is 105 cm³/mol. The first kappa shape index (κ1) is 19.1. The zero-order chi connectivity index (χ0) is 19.6. The summed E-state index contributed by atoms with van der Waals surface area (Å²) < 4.78 is 23.2. The van der Waals surface area contributed by atoms with Crippen molar-refractivity contribution in [3.8, 4) is 0 Å². The summed E-state index contributed by atoms with van der Waals surface area (Å²) in [6.45, 7) is 0. The van der Waals surface area contributed by atoms with E-state index in [0.29, 0.717) is 12.2 Å². The van der Waals surface area contributed by atoms with Gasteiger partial charge in [-0.2, -0.15) is 0 Å². The van der Waals surface area contributed by atoms with E-state index in [9.17, 15) is 13.2 Å². The van der Waals surface area contributed by atoms with Crippen LogP contribution in [0.25, 0.3) is 0 Å². The van der Waals surface area contributed by atoms with Gasteiger partial charge in [-0.05, 0) is 30.7 Å². The van der Waals surface area contributed by atoms with E-state index in [2.05, 4.69) is 15.3 Å². The molecule has 1 N–H and O–H groups in total. The van der Waals surface area contributed by atoms with Crippen LogP contribution >= 0.6 is 0 Å². The first-order valence-electron chi connectivity index (χ1n) is 8.59. The van der Waals surface area contributed by atoms with Gasteiger partial charge in [0.1, 0.15) is 11.5 Å². The van der Waals surface area contributed by atoms with Crippen LogP contribution in [0.1, 0.15) is 16.9 Å². The largest absolute Gasteiger partial charge is 0.378 e. The van der Waals surface area contributed by atoms with E-state index in [1.165, 1.54) is 17.3 Å². The third kappa shape index (κ3) is 4.54. The fourth-order valence-corrected chi connectivity index (χ4v) is 4.70. The van der Waals surface area contributed by atoms with Crippen molar-refractivity contribution in [2.45, 2.75) is 12.5 Å². The SMILES string of the molecule is CN(C)c1ccc(Nc2cnc(C(=O)N(C)C3CCS(=O)(=O)C3)cn2)cc1. The van der Waals surface area contributed by atoms with Crippen molar-refractivity contribution in [3.05, 3.63) is 42.4 Å².